The zero-order valence-electron chi connectivity index (χ0n) is 9.70. The first-order chi connectivity index (χ1) is 8.74. The second kappa shape index (κ2) is 4.71. The van der Waals surface area contributed by atoms with Gasteiger partial charge in [0.05, 0.1) is 17.7 Å². The number of hydrogen-bond acceptors (Lipinski definition) is 1. The van der Waals surface area contributed by atoms with Crippen molar-refractivity contribution in [3.8, 4) is 11.1 Å². The fourth-order valence-electron chi connectivity index (χ4n) is 2.06. The molecule has 0 saturated carbocycles. The summed E-state index contributed by atoms with van der Waals surface area (Å²) in [5, 5.41) is 0.151. The van der Waals surface area contributed by atoms with Gasteiger partial charge >= 0.3 is 0 Å². The fraction of sp³-hybridized carbons (Fsp3) is 0.200. The molecule has 18 heavy (non-hydrogen) atoms. The molecule has 1 aliphatic heterocycles. The van der Waals surface area contributed by atoms with E-state index in [9.17, 15) is 4.39 Å². The molecule has 1 fully saturated rings. The van der Waals surface area contributed by atoms with Gasteiger partial charge in [-0.1, -0.05) is 41.9 Å². The van der Waals surface area contributed by atoms with E-state index in [-0.39, 0.29) is 16.9 Å². The highest BCUT2D eigenvalue weighted by atomic mass is 35.5. The molecule has 0 N–H and O–H groups in total. The Labute approximate surface area is 110 Å². The maximum atomic E-state index is 13.4. The van der Waals surface area contributed by atoms with Crippen LogP contribution in [0.2, 0.25) is 5.02 Å². The van der Waals surface area contributed by atoms with Crippen molar-refractivity contribution in [3.63, 3.8) is 0 Å². The predicted molar refractivity (Wildman–Crippen MR) is 70.2 cm³/mol. The molecule has 3 rings (SSSR count). The number of rotatable bonds is 2. The van der Waals surface area contributed by atoms with Crippen LogP contribution in [0.3, 0.4) is 0 Å². The van der Waals surface area contributed by atoms with Gasteiger partial charge in [0.1, 0.15) is 5.82 Å². The lowest BCUT2D eigenvalue weighted by molar-refractivity contribution is -0.0527. The molecule has 3 heteroatoms. The minimum atomic E-state index is -0.388. The summed E-state index contributed by atoms with van der Waals surface area (Å²) in [4.78, 5) is 0. The Morgan fingerprint density at radius 2 is 1.72 bits per heavy atom. The highest BCUT2D eigenvalue weighted by Gasteiger charge is 2.19. The Bertz CT molecular complexity index is 561. The summed E-state index contributed by atoms with van der Waals surface area (Å²) in [5.74, 6) is -0.388. The number of hydrogen-bond donors (Lipinski definition) is 0. The summed E-state index contributed by atoms with van der Waals surface area (Å²) in [6, 6.07) is 12.9. The summed E-state index contributed by atoms with van der Waals surface area (Å²) in [6.45, 7) is 0.842. The molecule has 1 saturated heterocycles. The Hall–Kier alpha value is -1.38. The lowest BCUT2D eigenvalue weighted by Crippen LogP contribution is -2.17. The second-order valence-corrected chi connectivity index (χ2v) is 4.81. The Morgan fingerprint density at radius 1 is 1.06 bits per heavy atom. The molecule has 1 aliphatic rings. The maximum absolute atomic E-state index is 13.4. The molecule has 0 spiro atoms. The minimum absolute atomic E-state index is 0.151. The van der Waals surface area contributed by atoms with Crippen LogP contribution in [-0.4, -0.2) is 6.61 Å². The largest absolute Gasteiger partial charge is 0.373 e. The van der Waals surface area contributed by atoms with Crippen LogP contribution in [0, 0.1) is 5.82 Å². The van der Waals surface area contributed by atoms with E-state index >= 15 is 0 Å². The average molecular weight is 263 g/mol. The van der Waals surface area contributed by atoms with E-state index < -0.39 is 0 Å². The lowest BCUT2D eigenvalue weighted by Gasteiger charge is -2.26. The van der Waals surface area contributed by atoms with Crippen LogP contribution >= 0.6 is 11.6 Å². The molecule has 92 valence electrons. The van der Waals surface area contributed by atoms with Gasteiger partial charge in [-0.05, 0) is 28.8 Å². The third-order valence-electron chi connectivity index (χ3n) is 3.23. The molecule has 1 unspecified atom stereocenters. The van der Waals surface area contributed by atoms with E-state index in [1.54, 1.807) is 6.07 Å². The molecule has 2 aromatic carbocycles. The van der Waals surface area contributed by atoms with E-state index in [1.807, 2.05) is 30.3 Å². The standard InChI is InChI=1S/C15H12ClFO/c16-13-6-5-12(9-14(13)17)10-1-3-11(4-2-10)15-7-8-18-15/h1-6,9,15H,7-8H2. The molecule has 2 aromatic rings. The third-order valence-corrected chi connectivity index (χ3v) is 3.54. The van der Waals surface area contributed by atoms with Gasteiger partial charge < -0.3 is 4.74 Å². The van der Waals surface area contributed by atoms with Crippen molar-refractivity contribution in [2.24, 2.45) is 0 Å². The Morgan fingerprint density at radius 3 is 2.28 bits per heavy atom. The van der Waals surface area contributed by atoms with Gasteiger partial charge in [0.15, 0.2) is 0 Å². The van der Waals surface area contributed by atoms with Gasteiger partial charge in [-0.25, -0.2) is 4.39 Å². The summed E-state index contributed by atoms with van der Waals surface area (Å²) in [5.41, 5.74) is 2.99. The van der Waals surface area contributed by atoms with Crippen molar-refractivity contribution in [2.45, 2.75) is 12.5 Å². The Kier molecular flexibility index (Phi) is 3.06. The summed E-state index contributed by atoms with van der Waals surface area (Å²) in [6.07, 6.45) is 1.32. The molecule has 0 bridgehead atoms. The van der Waals surface area contributed by atoms with Gasteiger partial charge in [0, 0.05) is 6.42 Å². The minimum Gasteiger partial charge on any atom is -0.373 e. The quantitative estimate of drug-likeness (QED) is 0.768. The smallest absolute Gasteiger partial charge is 0.142 e. The molecular weight excluding hydrogens is 251 g/mol. The van der Waals surface area contributed by atoms with Gasteiger partial charge in [-0.15, -0.1) is 0 Å². The van der Waals surface area contributed by atoms with Crippen molar-refractivity contribution in [2.75, 3.05) is 6.61 Å². The maximum Gasteiger partial charge on any atom is 0.142 e. The van der Waals surface area contributed by atoms with Gasteiger partial charge in [0.2, 0.25) is 0 Å². The van der Waals surface area contributed by atoms with E-state index in [0.29, 0.717) is 0 Å². The van der Waals surface area contributed by atoms with Gasteiger partial charge in [-0.3, -0.25) is 0 Å². The van der Waals surface area contributed by atoms with Crippen molar-refractivity contribution < 1.29 is 9.13 Å². The zero-order valence-corrected chi connectivity index (χ0v) is 10.5. The van der Waals surface area contributed by atoms with Crippen molar-refractivity contribution >= 4 is 11.6 Å². The molecular formula is C15H12ClFO. The monoisotopic (exact) mass is 262 g/mol. The number of benzene rings is 2. The summed E-state index contributed by atoms with van der Waals surface area (Å²) in [7, 11) is 0. The molecule has 0 aliphatic carbocycles. The predicted octanol–water partition coefficient (Wildman–Crippen LogP) is 4.61. The highest BCUT2D eigenvalue weighted by Crippen LogP contribution is 2.31. The van der Waals surface area contributed by atoms with Gasteiger partial charge in [-0.2, -0.15) is 0 Å². The first kappa shape index (κ1) is 11.7. The van der Waals surface area contributed by atoms with Crippen molar-refractivity contribution in [1.82, 2.24) is 0 Å². The van der Waals surface area contributed by atoms with E-state index in [0.717, 1.165) is 24.2 Å². The first-order valence-corrected chi connectivity index (χ1v) is 6.29. The van der Waals surface area contributed by atoms with Crippen LogP contribution in [0.4, 0.5) is 4.39 Å². The van der Waals surface area contributed by atoms with E-state index in [2.05, 4.69) is 0 Å². The molecule has 1 nitrogen and oxygen atoms in total. The number of ether oxygens (including phenoxy) is 1. The lowest BCUT2D eigenvalue weighted by atomic mass is 9.99. The topological polar surface area (TPSA) is 9.23 Å². The van der Waals surface area contributed by atoms with Gasteiger partial charge in [0.25, 0.3) is 0 Å². The second-order valence-electron chi connectivity index (χ2n) is 4.40. The average Bonchev–Trinajstić information content (AvgIpc) is 2.32. The fourth-order valence-corrected chi connectivity index (χ4v) is 2.18. The molecule has 0 radical (unpaired) electrons. The Balaban J connectivity index is 1.89. The summed E-state index contributed by atoms with van der Waals surface area (Å²) >= 11 is 5.67. The molecule has 1 atom stereocenters. The first-order valence-electron chi connectivity index (χ1n) is 5.91. The third kappa shape index (κ3) is 2.14. The number of halogens is 2. The van der Waals surface area contributed by atoms with Crippen LogP contribution in [-0.2, 0) is 4.74 Å². The van der Waals surface area contributed by atoms with Crippen LogP contribution in [0.1, 0.15) is 18.1 Å². The molecule has 1 heterocycles. The highest BCUT2D eigenvalue weighted by molar-refractivity contribution is 6.30. The zero-order chi connectivity index (χ0) is 12.5. The molecule has 0 amide bonds. The van der Waals surface area contributed by atoms with Crippen LogP contribution < -0.4 is 0 Å². The van der Waals surface area contributed by atoms with E-state index in [1.165, 1.54) is 11.6 Å². The van der Waals surface area contributed by atoms with Crippen LogP contribution in [0.25, 0.3) is 11.1 Å². The van der Waals surface area contributed by atoms with Crippen LogP contribution in [0.5, 0.6) is 0 Å². The summed E-state index contributed by atoms with van der Waals surface area (Å²) < 4.78 is 18.8. The van der Waals surface area contributed by atoms with E-state index in [4.69, 9.17) is 16.3 Å². The van der Waals surface area contributed by atoms with Crippen molar-refractivity contribution in [1.29, 1.82) is 0 Å². The SMILES string of the molecule is Fc1cc(-c2ccc(C3CCO3)cc2)ccc1Cl. The van der Waals surface area contributed by atoms with Crippen LogP contribution in [0.15, 0.2) is 42.5 Å². The normalized spacial score (nSPS) is 18.4. The molecule has 0 aromatic heterocycles. The van der Waals surface area contributed by atoms with Crippen molar-refractivity contribution in [3.05, 3.63) is 58.9 Å².